The lowest BCUT2D eigenvalue weighted by Gasteiger charge is -2.57. The minimum atomic E-state index is -4.69. The van der Waals surface area contributed by atoms with Crippen LogP contribution in [-0.2, 0) is 10.0 Å². The number of fused-ring (bicyclic) bond motifs is 2. The number of nitro groups is 1. The molecule has 2 aromatic heterocycles. The first kappa shape index (κ1) is 46.0. The second-order valence-corrected chi connectivity index (χ2v) is 22.9. The highest BCUT2D eigenvalue weighted by Crippen LogP contribution is 2.50. The molecule has 5 aromatic rings. The second kappa shape index (κ2) is 17.7. The van der Waals surface area contributed by atoms with Gasteiger partial charge in [0.05, 0.1) is 32.5 Å². The van der Waals surface area contributed by atoms with Gasteiger partial charge in [0.2, 0.25) is 0 Å². The highest BCUT2D eigenvalue weighted by Gasteiger charge is 2.49. The highest BCUT2D eigenvalue weighted by atomic mass is 32.2. The van der Waals surface area contributed by atoms with Gasteiger partial charge in [0.1, 0.15) is 29.6 Å². The van der Waals surface area contributed by atoms with E-state index in [1.165, 1.54) is 54.8 Å². The van der Waals surface area contributed by atoms with Crippen LogP contribution in [0.4, 0.5) is 21.5 Å². The number of piperidine rings is 1. The van der Waals surface area contributed by atoms with Crippen molar-refractivity contribution < 1.29 is 32.0 Å². The van der Waals surface area contributed by atoms with Gasteiger partial charge in [-0.15, -0.1) is 0 Å². The molecule has 10 rings (SSSR count). The molecule has 5 heterocycles. The van der Waals surface area contributed by atoms with Crippen molar-refractivity contribution in [1.29, 1.82) is 0 Å². The summed E-state index contributed by atoms with van der Waals surface area (Å²) in [7, 11) is -4.69. The molecule has 2 saturated carbocycles. The maximum atomic E-state index is 14.8. The van der Waals surface area contributed by atoms with Gasteiger partial charge in [-0.25, -0.2) is 22.5 Å². The first-order chi connectivity index (χ1) is 32.5. The van der Waals surface area contributed by atoms with Gasteiger partial charge in [-0.3, -0.25) is 19.8 Å². The molecule has 3 aliphatic heterocycles. The van der Waals surface area contributed by atoms with Gasteiger partial charge in [-0.05, 0) is 116 Å². The van der Waals surface area contributed by atoms with Gasteiger partial charge in [0.15, 0.2) is 11.4 Å². The minimum Gasteiger partial charge on any atom is -0.489 e. The Morgan fingerprint density at radius 2 is 1.75 bits per heavy atom. The zero-order valence-corrected chi connectivity index (χ0v) is 40.4. The molecule has 2 aliphatic carbocycles. The van der Waals surface area contributed by atoms with E-state index in [-0.39, 0.29) is 63.3 Å². The van der Waals surface area contributed by atoms with Crippen molar-refractivity contribution in [3.63, 3.8) is 0 Å². The van der Waals surface area contributed by atoms with E-state index in [4.69, 9.17) is 9.47 Å². The van der Waals surface area contributed by atoms with E-state index in [0.717, 1.165) is 76.5 Å². The molecule has 3 N–H and O–H groups in total. The third-order valence-electron chi connectivity index (χ3n) is 15.9. The molecule has 0 bridgehead atoms. The first-order valence-corrected chi connectivity index (χ1v) is 25.8. The fraction of sp³-hybridized carbons (Fsp3) is 0.500. The number of pyridine rings is 1. The summed E-state index contributed by atoms with van der Waals surface area (Å²) in [5.41, 5.74) is 4.53. The number of amides is 1. The lowest BCUT2D eigenvalue weighted by atomic mass is 9.70. The summed E-state index contributed by atoms with van der Waals surface area (Å²) in [6, 6.07) is 18.0. The Bertz CT molecular complexity index is 2880. The molecule has 1 spiro atoms. The first-order valence-electron chi connectivity index (χ1n) is 24.3. The van der Waals surface area contributed by atoms with E-state index < -0.39 is 37.3 Å². The van der Waals surface area contributed by atoms with Crippen LogP contribution >= 0.6 is 0 Å². The lowest BCUT2D eigenvalue weighted by molar-refractivity contribution is -0.384. The number of likely N-dealkylation sites (tertiary alicyclic amines) is 1. The molecular formula is C52H62FN7O7S. The van der Waals surface area contributed by atoms with Crippen molar-refractivity contribution in [3.8, 4) is 17.2 Å². The predicted octanol–water partition coefficient (Wildman–Crippen LogP) is 10.6. The van der Waals surface area contributed by atoms with Crippen LogP contribution in [0.2, 0.25) is 0 Å². The van der Waals surface area contributed by atoms with Gasteiger partial charge in [-0.2, -0.15) is 0 Å². The van der Waals surface area contributed by atoms with Gasteiger partial charge in [-0.1, -0.05) is 58.4 Å². The lowest BCUT2D eigenvalue weighted by Crippen LogP contribution is -2.63. The van der Waals surface area contributed by atoms with E-state index in [1.807, 2.05) is 0 Å². The van der Waals surface area contributed by atoms with Gasteiger partial charge in [0.25, 0.3) is 21.6 Å². The van der Waals surface area contributed by atoms with E-state index in [9.17, 15) is 27.7 Å². The average molecular weight is 948 g/mol. The normalized spacial score (nSPS) is 22.6. The third-order valence-corrected chi connectivity index (χ3v) is 17.2. The molecule has 5 aliphatic rings. The van der Waals surface area contributed by atoms with Crippen LogP contribution in [0.15, 0.2) is 71.8 Å². The minimum absolute atomic E-state index is 0.0243. The second-order valence-electron chi connectivity index (χ2n) is 21.2. The average Bonchev–Trinajstić information content (AvgIpc) is 3.93. The molecule has 0 radical (unpaired) electrons. The van der Waals surface area contributed by atoms with E-state index in [2.05, 4.69) is 81.8 Å². The Hall–Kier alpha value is -5.74. The maximum Gasteiger partial charge on any atom is 0.297 e. The van der Waals surface area contributed by atoms with Crippen molar-refractivity contribution in [2.24, 2.45) is 16.7 Å². The molecule has 4 fully saturated rings. The fourth-order valence-corrected chi connectivity index (χ4v) is 12.9. The molecule has 360 valence electrons. The van der Waals surface area contributed by atoms with Crippen LogP contribution in [0, 0.1) is 39.6 Å². The number of aryl methyl sites for hydroxylation is 1. The Labute approximate surface area is 397 Å². The van der Waals surface area contributed by atoms with Crippen LogP contribution in [-0.4, -0.2) is 79.0 Å². The Morgan fingerprint density at radius 3 is 2.49 bits per heavy atom. The van der Waals surface area contributed by atoms with E-state index >= 15 is 0 Å². The number of nitrogens with zero attached hydrogens (tertiary/aromatic N) is 4. The highest BCUT2D eigenvalue weighted by molar-refractivity contribution is 7.90. The summed E-state index contributed by atoms with van der Waals surface area (Å²) < 4.78 is 57.5. The SMILES string of the molecule is Cc1nc2[nH]cc(F)c2cc1Oc1cc(N2CCC3(CC2)CN([C@@H]2CCC[C@@H]2c2ccccc2C(C)C)C3)ccc1C(=O)NS(=O)(=O)c1cc2c(c([N+](=O)[O-])c1)N[C@@H](C1CCC(C)(C)CC1)CO2. The molecule has 0 unspecified atom stereocenters. The molecule has 14 nitrogen and oxygen atoms in total. The Balaban J connectivity index is 0.874. The van der Waals surface area contributed by atoms with Crippen LogP contribution in [0.1, 0.15) is 124 Å². The van der Waals surface area contributed by atoms with Gasteiger partial charge >= 0.3 is 0 Å². The number of rotatable bonds is 11. The number of nitro benzene ring substituents is 1. The standard InChI is InChI=1S/C52H62FN7O7S/c1-31(2)36-9-6-7-10-37(36)38-11-8-12-43(38)59-29-52(30-59)19-21-58(22-20-52)34-13-14-39(46(23-34)67-45-26-40-41(53)27-54-49(40)55-32(45)3)50(61)57-68(64,65)35-24-44(60(62)63)48-47(25-35)66-28-42(56-48)33-15-17-51(4,5)18-16-33/h6-7,9-10,13-14,23-27,31,33,38,42-43,56H,8,11-12,15-22,28-30H2,1-5H3,(H,54,55)(H,57,61)/t38-,42-,43-/m1/s1. The van der Waals surface area contributed by atoms with E-state index in [1.54, 1.807) is 19.1 Å². The van der Waals surface area contributed by atoms with Crippen LogP contribution < -0.4 is 24.4 Å². The number of anilines is 2. The van der Waals surface area contributed by atoms with Crippen molar-refractivity contribution in [1.82, 2.24) is 19.6 Å². The van der Waals surface area contributed by atoms with Gasteiger partial charge in [0, 0.05) is 62.3 Å². The largest absolute Gasteiger partial charge is 0.489 e. The quantitative estimate of drug-likeness (QED) is 0.0850. The Morgan fingerprint density at radius 1 is 1.00 bits per heavy atom. The number of carbonyl (C=O) groups excluding carboxylic acids is 1. The van der Waals surface area contributed by atoms with Gasteiger partial charge < -0.3 is 24.7 Å². The summed E-state index contributed by atoms with van der Waals surface area (Å²) in [4.78, 5) is 37.8. The number of sulfonamides is 1. The molecule has 2 saturated heterocycles. The molecular weight excluding hydrogens is 886 g/mol. The topological polar surface area (TPSA) is 172 Å². The molecule has 68 heavy (non-hydrogen) atoms. The number of hydrogen-bond acceptors (Lipinski definition) is 11. The molecule has 3 aromatic carbocycles. The van der Waals surface area contributed by atoms with Crippen molar-refractivity contribution in [2.45, 2.75) is 121 Å². The van der Waals surface area contributed by atoms with Crippen molar-refractivity contribution in [2.75, 3.05) is 43.0 Å². The molecule has 16 heteroatoms. The predicted molar refractivity (Wildman–Crippen MR) is 260 cm³/mol. The maximum absolute atomic E-state index is 14.8. The summed E-state index contributed by atoms with van der Waals surface area (Å²) >= 11 is 0. The zero-order valence-electron chi connectivity index (χ0n) is 39.6. The number of aromatic amines is 1. The van der Waals surface area contributed by atoms with Crippen LogP contribution in [0.3, 0.4) is 0 Å². The smallest absolute Gasteiger partial charge is 0.297 e. The van der Waals surface area contributed by atoms with Crippen molar-refractivity contribution in [3.05, 3.63) is 105 Å². The summed E-state index contributed by atoms with van der Waals surface area (Å²) in [5, 5.41) is 15.9. The van der Waals surface area contributed by atoms with Crippen LogP contribution in [0.5, 0.6) is 17.2 Å². The third kappa shape index (κ3) is 8.78. The monoisotopic (exact) mass is 947 g/mol. The number of benzene rings is 3. The van der Waals surface area contributed by atoms with Crippen molar-refractivity contribution >= 4 is 44.0 Å². The zero-order chi connectivity index (χ0) is 47.7. The molecule has 1 amide bonds. The fourth-order valence-electron chi connectivity index (χ4n) is 11.9. The molecule has 3 atom stereocenters. The number of carbonyl (C=O) groups is 1. The summed E-state index contributed by atoms with van der Waals surface area (Å²) in [6.45, 7) is 14.7. The summed E-state index contributed by atoms with van der Waals surface area (Å²) in [6.07, 6.45) is 10.9. The van der Waals surface area contributed by atoms with Crippen LogP contribution in [0.25, 0.3) is 11.0 Å². The number of ether oxygens (including phenoxy) is 2. The number of H-pyrrole nitrogens is 1. The Kier molecular flexibility index (Phi) is 11.9. The summed E-state index contributed by atoms with van der Waals surface area (Å²) in [5.74, 6) is -0.000373. The number of hydrogen-bond donors (Lipinski definition) is 3. The number of aromatic nitrogens is 2. The number of halogens is 1. The number of nitrogens with one attached hydrogen (secondary N) is 3. The van der Waals surface area contributed by atoms with E-state index in [0.29, 0.717) is 29.2 Å².